The molecule has 0 aliphatic carbocycles. The van der Waals surface area contributed by atoms with Gasteiger partial charge in [0, 0.05) is 57.1 Å². The van der Waals surface area contributed by atoms with Gasteiger partial charge < -0.3 is 20.1 Å². The van der Waals surface area contributed by atoms with Crippen molar-refractivity contribution >= 4 is 46.7 Å². The van der Waals surface area contributed by atoms with Gasteiger partial charge >= 0.3 is 6.03 Å². The number of halogens is 2. The lowest BCUT2D eigenvalue weighted by atomic mass is 9.99. The Bertz CT molecular complexity index is 1060. The third kappa shape index (κ3) is 3.61. The summed E-state index contributed by atoms with van der Waals surface area (Å²) in [4.78, 5) is 28.6. The quantitative estimate of drug-likeness (QED) is 0.633. The van der Waals surface area contributed by atoms with Crippen molar-refractivity contribution in [2.24, 2.45) is 0 Å². The molecule has 2 aromatic rings. The molecule has 4 heterocycles. The fraction of sp³-hybridized carbons (Fsp3) is 0.476. The number of hydrogen-bond acceptors (Lipinski definition) is 8. The molecule has 0 bridgehead atoms. The maximum atomic E-state index is 13.9. The van der Waals surface area contributed by atoms with Crippen molar-refractivity contribution in [3.8, 4) is 11.5 Å². The molecule has 10 nitrogen and oxygen atoms in total. The molecule has 0 radical (unpaired) electrons. The number of rotatable bonds is 6. The molecule has 1 aromatic carbocycles. The highest BCUT2D eigenvalue weighted by Gasteiger charge is 2.45. The number of aromatic nitrogens is 2. The van der Waals surface area contributed by atoms with Gasteiger partial charge in [-0.25, -0.2) is 9.78 Å². The summed E-state index contributed by atoms with van der Waals surface area (Å²) in [6.07, 6.45) is 1.73. The summed E-state index contributed by atoms with van der Waals surface area (Å²) >= 11 is 13.3. The number of nitrogens with zero attached hydrogens (tertiary/aromatic N) is 5. The number of fused-ring (bicyclic) bond motifs is 1. The number of hydrogen-bond donors (Lipinski definition) is 2. The number of nitrogens with one attached hydrogen (secondary N) is 2. The summed E-state index contributed by atoms with van der Waals surface area (Å²) < 4.78 is 10.8. The molecule has 2 fully saturated rings. The molecule has 0 atom stereocenters. The molecule has 3 aliphatic rings. The Morgan fingerprint density at radius 1 is 1.12 bits per heavy atom. The van der Waals surface area contributed by atoms with Gasteiger partial charge in [0.2, 0.25) is 5.95 Å². The number of amides is 2. The van der Waals surface area contributed by atoms with Gasteiger partial charge in [0.25, 0.3) is 0 Å². The van der Waals surface area contributed by atoms with Gasteiger partial charge in [-0.1, -0.05) is 23.2 Å². The molecule has 1 aromatic heterocycles. The molecule has 2 amide bonds. The Kier molecular flexibility index (Phi) is 5.86. The van der Waals surface area contributed by atoms with Crippen LogP contribution >= 0.6 is 23.2 Å². The number of urea groups is 1. The molecule has 12 heteroatoms. The van der Waals surface area contributed by atoms with Crippen LogP contribution in [0.25, 0.3) is 0 Å². The zero-order valence-electron chi connectivity index (χ0n) is 18.6. The summed E-state index contributed by atoms with van der Waals surface area (Å²) in [5, 5.41) is 6.73. The number of methoxy groups -OCH3 is 2. The van der Waals surface area contributed by atoms with Crippen LogP contribution in [-0.4, -0.2) is 80.4 Å². The minimum Gasteiger partial charge on any atom is -0.495 e. The van der Waals surface area contributed by atoms with E-state index in [0.717, 1.165) is 31.7 Å². The first-order valence-electron chi connectivity index (χ1n) is 10.7. The van der Waals surface area contributed by atoms with Crippen molar-refractivity contribution in [1.29, 1.82) is 0 Å². The van der Waals surface area contributed by atoms with Crippen LogP contribution in [0.2, 0.25) is 10.0 Å². The van der Waals surface area contributed by atoms with Gasteiger partial charge in [0.1, 0.15) is 27.4 Å². The van der Waals surface area contributed by atoms with Crippen molar-refractivity contribution in [3.05, 3.63) is 27.9 Å². The maximum absolute atomic E-state index is 13.9. The van der Waals surface area contributed by atoms with Crippen LogP contribution in [0.4, 0.5) is 22.2 Å². The number of benzene rings is 1. The van der Waals surface area contributed by atoms with E-state index in [0.29, 0.717) is 35.0 Å². The molecular formula is C21H25Cl2N7O3. The number of ether oxygens (including phenoxy) is 2. The van der Waals surface area contributed by atoms with Crippen molar-refractivity contribution in [1.82, 2.24) is 20.2 Å². The van der Waals surface area contributed by atoms with E-state index in [1.54, 1.807) is 29.1 Å². The van der Waals surface area contributed by atoms with Crippen LogP contribution in [0.15, 0.2) is 12.3 Å². The average Bonchev–Trinajstić information content (AvgIpc) is 2.75. The molecule has 0 spiro atoms. The first-order valence-corrected chi connectivity index (χ1v) is 11.4. The van der Waals surface area contributed by atoms with Gasteiger partial charge in [-0.2, -0.15) is 4.98 Å². The SMILES string of the molecule is CNc1ncc2c(n1)N(C1CN(C3CNC3)C1)C(=O)N(c1c(Cl)c(OC)cc(OC)c1Cl)C2. The fourth-order valence-corrected chi connectivity index (χ4v) is 5.10. The van der Waals surface area contributed by atoms with Gasteiger partial charge in [0.05, 0.1) is 32.5 Å². The average molecular weight is 494 g/mol. The Morgan fingerprint density at radius 2 is 1.79 bits per heavy atom. The minimum absolute atomic E-state index is 0.0238. The van der Waals surface area contributed by atoms with E-state index in [2.05, 4.69) is 25.5 Å². The Labute approximate surface area is 201 Å². The van der Waals surface area contributed by atoms with Crippen molar-refractivity contribution in [3.63, 3.8) is 0 Å². The van der Waals surface area contributed by atoms with Crippen LogP contribution in [0.5, 0.6) is 11.5 Å². The lowest BCUT2D eigenvalue weighted by Gasteiger charge is -2.52. The summed E-state index contributed by atoms with van der Waals surface area (Å²) in [5.74, 6) is 1.80. The standard InChI is InChI=1S/C21H25Cl2N7O3/c1-24-20-26-5-11-8-29(18-16(22)14(32-2)4-15(33-3)17(18)23)21(31)30(19(11)27-20)13-9-28(10-13)12-6-25-7-12/h4-5,12-13,25H,6-10H2,1-3H3,(H,24,26,27). The van der Waals surface area contributed by atoms with Gasteiger partial charge in [-0.05, 0) is 0 Å². The van der Waals surface area contributed by atoms with Crippen LogP contribution in [-0.2, 0) is 6.54 Å². The van der Waals surface area contributed by atoms with Crippen LogP contribution in [0.1, 0.15) is 5.56 Å². The zero-order chi connectivity index (χ0) is 23.3. The second-order valence-corrected chi connectivity index (χ2v) is 8.96. The monoisotopic (exact) mass is 493 g/mol. The van der Waals surface area contributed by atoms with E-state index in [-0.39, 0.29) is 28.7 Å². The lowest BCUT2D eigenvalue weighted by molar-refractivity contribution is 0.0620. The van der Waals surface area contributed by atoms with E-state index in [1.165, 1.54) is 14.2 Å². The third-order valence-corrected chi connectivity index (χ3v) is 7.14. The van der Waals surface area contributed by atoms with E-state index in [1.807, 2.05) is 0 Å². The van der Waals surface area contributed by atoms with Crippen LogP contribution in [0, 0.1) is 0 Å². The molecule has 5 rings (SSSR count). The second kappa shape index (κ2) is 8.68. The molecule has 2 saturated heterocycles. The van der Waals surface area contributed by atoms with Crippen LogP contribution in [0.3, 0.4) is 0 Å². The molecule has 176 valence electrons. The minimum atomic E-state index is -0.251. The number of likely N-dealkylation sites (tertiary alicyclic amines) is 1. The lowest BCUT2D eigenvalue weighted by Crippen LogP contribution is -2.71. The highest BCUT2D eigenvalue weighted by Crippen LogP contribution is 2.48. The van der Waals surface area contributed by atoms with Gasteiger partial charge in [-0.15, -0.1) is 0 Å². The molecular weight excluding hydrogens is 469 g/mol. The van der Waals surface area contributed by atoms with Gasteiger partial charge in [-0.3, -0.25) is 14.7 Å². The molecule has 2 N–H and O–H groups in total. The summed E-state index contributed by atoms with van der Waals surface area (Å²) in [6.45, 7) is 3.71. The van der Waals surface area contributed by atoms with E-state index < -0.39 is 0 Å². The Balaban J connectivity index is 1.56. The second-order valence-electron chi connectivity index (χ2n) is 8.21. The van der Waals surface area contributed by atoms with Gasteiger partial charge in [0.15, 0.2) is 0 Å². The maximum Gasteiger partial charge on any atom is 0.330 e. The van der Waals surface area contributed by atoms with E-state index in [9.17, 15) is 4.79 Å². The van der Waals surface area contributed by atoms with Crippen molar-refractivity contribution in [2.45, 2.75) is 18.6 Å². The normalized spacial score (nSPS) is 19.1. The number of anilines is 3. The molecule has 0 saturated carbocycles. The molecule has 3 aliphatic heterocycles. The predicted molar refractivity (Wildman–Crippen MR) is 127 cm³/mol. The largest absolute Gasteiger partial charge is 0.495 e. The highest BCUT2D eigenvalue weighted by molar-refractivity contribution is 6.42. The van der Waals surface area contributed by atoms with Crippen molar-refractivity contribution < 1.29 is 14.3 Å². The van der Waals surface area contributed by atoms with Crippen LogP contribution < -0.4 is 29.9 Å². The summed E-state index contributed by atoms with van der Waals surface area (Å²) in [7, 11) is 4.76. The zero-order valence-corrected chi connectivity index (χ0v) is 20.1. The third-order valence-electron chi connectivity index (χ3n) is 6.41. The first-order chi connectivity index (χ1) is 16.0. The predicted octanol–water partition coefficient (Wildman–Crippen LogP) is 2.44. The molecule has 33 heavy (non-hydrogen) atoms. The summed E-state index contributed by atoms with van der Waals surface area (Å²) in [6, 6.07) is 1.84. The van der Waals surface area contributed by atoms with E-state index >= 15 is 0 Å². The summed E-state index contributed by atoms with van der Waals surface area (Å²) in [5.41, 5.74) is 1.14. The Hall–Kier alpha value is -2.53. The highest BCUT2D eigenvalue weighted by atomic mass is 35.5. The fourth-order valence-electron chi connectivity index (χ4n) is 4.39. The number of carbonyl (C=O) groups is 1. The molecule has 0 unspecified atom stereocenters. The van der Waals surface area contributed by atoms with Crippen molar-refractivity contribution in [2.75, 3.05) is 62.6 Å². The Morgan fingerprint density at radius 3 is 2.33 bits per heavy atom. The number of carbonyl (C=O) groups excluding carboxylic acids is 1. The first kappa shape index (κ1) is 22.3. The smallest absolute Gasteiger partial charge is 0.330 e. The topological polar surface area (TPSA) is 95.1 Å². The van der Waals surface area contributed by atoms with E-state index in [4.69, 9.17) is 32.7 Å².